The van der Waals surface area contributed by atoms with E-state index in [2.05, 4.69) is 4.98 Å². The van der Waals surface area contributed by atoms with E-state index >= 15 is 0 Å². The Morgan fingerprint density at radius 2 is 2.42 bits per heavy atom. The number of hydrogen-bond donors (Lipinski definition) is 2. The third-order valence-electron chi connectivity index (χ3n) is 1.44. The summed E-state index contributed by atoms with van der Waals surface area (Å²) >= 11 is 5.44. The van der Waals surface area contributed by atoms with Crippen molar-refractivity contribution in [3.8, 4) is 0 Å². The third kappa shape index (κ3) is 1.91. The van der Waals surface area contributed by atoms with Crippen molar-refractivity contribution < 1.29 is 9.50 Å². The molecule has 0 aliphatic carbocycles. The lowest BCUT2D eigenvalue weighted by atomic mass is 10.1. The molecule has 0 amide bonds. The second-order valence-electron chi connectivity index (χ2n) is 2.33. The normalized spacial score (nSPS) is 13.0. The molecule has 0 aromatic carbocycles. The zero-order chi connectivity index (χ0) is 9.14. The van der Waals surface area contributed by atoms with Crippen LogP contribution >= 0.6 is 11.6 Å². The van der Waals surface area contributed by atoms with Crippen molar-refractivity contribution in [3.05, 3.63) is 28.8 Å². The van der Waals surface area contributed by atoms with Crippen LogP contribution in [0.15, 0.2) is 12.3 Å². The Hall–Kier alpha value is -0.710. The minimum atomic E-state index is -0.731. The molecule has 1 rings (SSSR count). The molecule has 0 bridgehead atoms. The highest BCUT2D eigenvalue weighted by Gasteiger charge is 2.07. The van der Waals surface area contributed by atoms with Crippen LogP contribution in [0.5, 0.6) is 0 Å². The minimum absolute atomic E-state index is 0.0867. The van der Waals surface area contributed by atoms with Crippen molar-refractivity contribution in [1.82, 2.24) is 4.98 Å². The molecule has 1 heterocycles. The fourth-order valence-electron chi connectivity index (χ4n) is 0.744. The number of aromatic nitrogens is 1. The summed E-state index contributed by atoms with van der Waals surface area (Å²) in [5.41, 5.74) is 5.96. The maximum atomic E-state index is 12.5. The number of aliphatic hydroxyl groups excluding tert-OH is 1. The quantitative estimate of drug-likeness (QED) is 0.681. The molecule has 0 aliphatic rings. The lowest BCUT2D eigenvalue weighted by Crippen LogP contribution is -2.14. The number of hydrogen-bond acceptors (Lipinski definition) is 3. The monoisotopic (exact) mass is 190 g/mol. The van der Waals surface area contributed by atoms with Crippen LogP contribution in [0.25, 0.3) is 0 Å². The third-order valence-corrected chi connectivity index (χ3v) is 1.71. The number of rotatable bonds is 2. The highest BCUT2D eigenvalue weighted by molar-refractivity contribution is 6.30. The molecule has 0 spiro atoms. The van der Waals surface area contributed by atoms with Gasteiger partial charge in [-0.2, -0.15) is 4.39 Å². The summed E-state index contributed by atoms with van der Waals surface area (Å²) in [5, 5.41) is 8.57. The minimum Gasteiger partial charge on any atom is -0.394 e. The number of halogens is 2. The van der Waals surface area contributed by atoms with Crippen molar-refractivity contribution in [1.29, 1.82) is 0 Å². The van der Waals surface area contributed by atoms with Gasteiger partial charge < -0.3 is 10.8 Å². The van der Waals surface area contributed by atoms with Gasteiger partial charge in [-0.1, -0.05) is 11.6 Å². The molecule has 0 saturated carbocycles. The lowest BCUT2D eigenvalue weighted by Gasteiger charge is -2.07. The molecule has 1 unspecified atom stereocenters. The molecule has 0 aliphatic heterocycles. The van der Waals surface area contributed by atoms with E-state index in [1.807, 2.05) is 0 Å². The van der Waals surface area contributed by atoms with E-state index in [1.165, 1.54) is 12.3 Å². The van der Waals surface area contributed by atoms with Gasteiger partial charge in [-0.05, 0) is 11.6 Å². The zero-order valence-electron chi connectivity index (χ0n) is 6.17. The van der Waals surface area contributed by atoms with Crippen molar-refractivity contribution in [2.24, 2.45) is 5.73 Å². The van der Waals surface area contributed by atoms with Gasteiger partial charge in [-0.15, -0.1) is 0 Å². The first kappa shape index (κ1) is 9.38. The van der Waals surface area contributed by atoms with Crippen LogP contribution in [0.3, 0.4) is 0 Å². The van der Waals surface area contributed by atoms with Gasteiger partial charge in [0, 0.05) is 6.20 Å². The predicted molar refractivity (Wildman–Crippen MR) is 43.2 cm³/mol. The SMILES string of the molecule is NC(CO)c1cnc(F)c(Cl)c1. The van der Waals surface area contributed by atoms with E-state index in [0.29, 0.717) is 5.56 Å². The molecule has 3 N–H and O–H groups in total. The number of nitrogens with zero attached hydrogens (tertiary/aromatic N) is 1. The Balaban J connectivity index is 2.96. The van der Waals surface area contributed by atoms with Crippen molar-refractivity contribution >= 4 is 11.6 Å². The standard InChI is InChI=1S/C7H8ClFN2O/c8-5-1-4(6(10)3-12)2-11-7(5)9/h1-2,6,12H,3,10H2. The van der Waals surface area contributed by atoms with Gasteiger partial charge in [0.1, 0.15) is 0 Å². The average Bonchev–Trinajstić information content (AvgIpc) is 2.08. The summed E-state index contributed by atoms with van der Waals surface area (Å²) in [6.45, 7) is -0.219. The molecule has 1 aromatic rings. The molecule has 0 saturated heterocycles. The summed E-state index contributed by atoms with van der Waals surface area (Å²) in [6, 6.07) is 0.792. The molecule has 66 valence electrons. The molecule has 0 fully saturated rings. The van der Waals surface area contributed by atoms with Gasteiger partial charge >= 0.3 is 0 Å². The van der Waals surface area contributed by atoms with E-state index in [9.17, 15) is 4.39 Å². The second-order valence-corrected chi connectivity index (χ2v) is 2.74. The van der Waals surface area contributed by atoms with Gasteiger partial charge in [0.15, 0.2) is 0 Å². The molecule has 5 heteroatoms. The summed E-state index contributed by atoms with van der Waals surface area (Å²) in [6.07, 6.45) is 1.25. The molecular weight excluding hydrogens is 183 g/mol. The number of nitrogens with two attached hydrogens (primary N) is 1. The summed E-state index contributed by atoms with van der Waals surface area (Å²) in [7, 11) is 0. The highest BCUT2D eigenvalue weighted by atomic mass is 35.5. The van der Waals surface area contributed by atoms with Crippen LogP contribution in [-0.4, -0.2) is 16.7 Å². The van der Waals surface area contributed by atoms with Crippen LogP contribution < -0.4 is 5.73 Å². The summed E-state index contributed by atoms with van der Waals surface area (Å²) in [5.74, 6) is -0.731. The van der Waals surface area contributed by atoms with Crippen LogP contribution in [0, 0.1) is 5.95 Å². The van der Waals surface area contributed by atoms with Crippen molar-refractivity contribution in [3.63, 3.8) is 0 Å². The van der Waals surface area contributed by atoms with Crippen LogP contribution in [-0.2, 0) is 0 Å². The van der Waals surface area contributed by atoms with E-state index in [0.717, 1.165) is 0 Å². The largest absolute Gasteiger partial charge is 0.394 e. The first-order valence-electron chi connectivity index (χ1n) is 3.32. The molecule has 0 radical (unpaired) electrons. The Morgan fingerprint density at radius 1 is 1.75 bits per heavy atom. The fourth-order valence-corrected chi connectivity index (χ4v) is 0.919. The van der Waals surface area contributed by atoms with Crippen molar-refractivity contribution in [2.75, 3.05) is 6.61 Å². The summed E-state index contributed by atoms with van der Waals surface area (Å²) in [4.78, 5) is 3.36. The smallest absolute Gasteiger partial charge is 0.231 e. The average molecular weight is 191 g/mol. The Kier molecular flexibility index (Phi) is 2.97. The molecule has 12 heavy (non-hydrogen) atoms. The lowest BCUT2D eigenvalue weighted by molar-refractivity contribution is 0.267. The van der Waals surface area contributed by atoms with Crippen LogP contribution in [0.2, 0.25) is 5.02 Å². The van der Waals surface area contributed by atoms with E-state index in [1.54, 1.807) is 0 Å². The first-order chi connectivity index (χ1) is 5.65. The van der Waals surface area contributed by atoms with Crippen LogP contribution in [0.1, 0.15) is 11.6 Å². The molecule has 1 atom stereocenters. The first-order valence-corrected chi connectivity index (χ1v) is 3.70. The number of aliphatic hydroxyl groups is 1. The molecule has 3 nitrogen and oxygen atoms in total. The Morgan fingerprint density at radius 3 is 2.92 bits per heavy atom. The van der Waals surface area contributed by atoms with Crippen LogP contribution in [0.4, 0.5) is 4.39 Å². The van der Waals surface area contributed by atoms with Gasteiger partial charge in [-0.3, -0.25) is 0 Å². The number of pyridine rings is 1. The maximum absolute atomic E-state index is 12.5. The topological polar surface area (TPSA) is 59.1 Å². The Labute approximate surface area is 74.0 Å². The van der Waals surface area contributed by atoms with E-state index in [-0.39, 0.29) is 11.6 Å². The van der Waals surface area contributed by atoms with Gasteiger partial charge in [0.2, 0.25) is 5.95 Å². The van der Waals surface area contributed by atoms with Gasteiger partial charge in [-0.25, -0.2) is 4.98 Å². The van der Waals surface area contributed by atoms with E-state index in [4.69, 9.17) is 22.4 Å². The van der Waals surface area contributed by atoms with Crippen molar-refractivity contribution in [2.45, 2.75) is 6.04 Å². The molecule has 1 aromatic heterocycles. The Bertz CT molecular complexity index is 282. The fraction of sp³-hybridized carbons (Fsp3) is 0.286. The van der Waals surface area contributed by atoms with Gasteiger partial charge in [0.05, 0.1) is 17.7 Å². The van der Waals surface area contributed by atoms with Gasteiger partial charge in [0.25, 0.3) is 0 Å². The highest BCUT2D eigenvalue weighted by Crippen LogP contribution is 2.16. The molecular formula is C7H8ClFN2O. The van der Waals surface area contributed by atoms with E-state index < -0.39 is 12.0 Å². The zero-order valence-corrected chi connectivity index (χ0v) is 6.92. The predicted octanol–water partition coefficient (Wildman–Crippen LogP) is 0.866. The second kappa shape index (κ2) is 3.80. The summed E-state index contributed by atoms with van der Waals surface area (Å²) < 4.78 is 12.5. The maximum Gasteiger partial charge on any atom is 0.231 e.